The fourth-order valence-electron chi connectivity index (χ4n) is 3.16. The average Bonchev–Trinajstić information content (AvgIpc) is 2.59. The van der Waals surface area contributed by atoms with Gasteiger partial charge in [0.15, 0.2) is 11.5 Å². The SMILES string of the molecule is CCCNCC(c1ccc(OC)c(OC)c1)N1CCCCC1. The topological polar surface area (TPSA) is 33.7 Å². The van der Waals surface area contributed by atoms with E-state index in [9.17, 15) is 0 Å². The van der Waals surface area contributed by atoms with Gasteiger partial charge < -0.3 is 14.8 Å². The van der Waals surface area contributed by atoms with Crippen molar-refractivity contribution in [3.8, 4) is 11.5 Å². The first-order valence-electron chi connectivity index (χ1n) is 8.46. The predicted octanol–water partition coefficient (Wildman–Crippen LogP) is 3.23. The van der Waals surface area contributed by atoms with E-state index in [4.69, 9.17) is 9.47 Å². The molecule has 2 rings (SSSR count). The van der Waals surface area contributed by atoms with Crippen LogP contribution in [0.25, 0.3) is 0 Å². The molecule has 1 aliphatic heterocycles. The highest BCUT2D eigenvalue weighted by Crippen LogP contribution is 2.32. The van der Waals surface area contributed by atoms with Crippen LogP contribution in [-0.2, 0) is 0 Å². The Bertz CT molecular complexity index is 445. The smallest absolute Gasteiger partial charge is 0.161 e. The van der Waals surface area contributed by atoms with Crippen LogP contribution in [0.1, 0.15) is 44.2 Å². The van der Waals surface area contributed by atoms with Crippen molar-refractivity contribution in [2.75, 3.05) is 40.4 Å². The number of nitrogens with zero attached hydrogens (tertiary/aromatic N) is 1. The molecule has 0 spiro atoms. The van der Waals surface area contributed by atoms with Crippen molar-refractivity contribution in [1.29, 1.82) is 0 Å². The first-order chi connectivity index (χ1) is 10.8. The number of benzene rings is 1. The van der Waals surface area contributed by atoms with Crippen molar-refractivity contribution in [1.82, 2.24) is 10.2 Å². The summed E-state index contributed by atoms with van der Waals surface area (Å²) in [5.41, 5.74) is 1.31. The van der Waals surface area contributed by atoms with E-state index < -0.39 is 0 Å². The third-order valence-corrected chi connectivity index (χ3v) is 4.39. The molecule has 124 valence electrons. The van der Waals surface area contributed by atoms with Gasteiger partial charge in [-0.25, -0.2) is 0 Å². The molecule has 22 heavy (non-hydrogen) atoms. The monoisotopic (exact) mass is 306 g/mol. The normalized spacial score (nSPS) is 17.2. The van der Waals surface area contributed by atoms with Crippen LogP contribution in [0.2, 0.25) is 0 Å². The van der Waals surface area contributed by atoms with Gasteiger partial charge in [-0.05, 0) is 56.6 Å². The minimum absolute atomic E-state index is 0.409. The lowest BCUT2D eigenvalue weighted by molar-refractivity contribution is 0.160. The van der Waals surface area contributed by atoms with Gasteiger partial charge in [0.05, 0.1) is 14.2 Å². The van der Waals surface area contributed by atoms with Crippen LogP contribution < -0.4 is 14.8 Å². The molecular formula is C18H30N2O2. The van der Waals surface area contributed by atoms with Crippen LogP contribution in [-0.4, -0.2) is 45.3 Å². The van der Waals surface area contributed by atoms with Gasteiger partial charge in [0.2, 0.25) is 0 Å². The summed E-state index contributed by atoms with van der Waals surface area (Å²) in [5, 5.41) is 3.58. The zero-order chi connectivity index (χ0) is 15.8. The number of piperidine rings is 1. The highest BCUT2D eigenvalue weighted by molar-refractivity contribution is 5.44. The average molecular weight is 306 g/mol. The molecule has 1 unspecified atom stereocenters. The summed E-state index contributed by atoms with van der Waals surface area (Å²) >= 11 is 0. The molecule has 0 radical (unpaired) electrons. The quantitative estimate of drug-likeness (QED) is 0.748. The number of hydrogen-bond acceptors (Lipinski definition) is 4. The Balaban J connectivity index is 2.18. The van der Waals surface area contributed by atoms with Crippen molar-refractivity contribution in [2.45, 2.75) is 38.6 Å². The van der Waals surface area contributed by atoms with Gasteiger partial charge in [-0.2, -0.15) is 0 Å². The second-order valence-electron chi connectivity index (χ2n) is 5.93. The molecular weight excluding hydrogens is 276 g/mol. The van der Waals surface area contributed by atoms with E-state index in [1.807, 2.05) is 6.07 Å². The first-order valence-corrected chi connectivity index (χ1v) is 8.46. The summed E-state index contributed by atoms with van der Waals surface area (Å²) < 4.78 is 10.8. The summed E-state index contributed by atoms with van der Waals surface area (Å²) in [7, 11) is 3.38. The van der Waals surface area contributed by atoms with Gasteiger partial charge >= 0.3 is 0 Å². The van der Waals surface area contributed by atoms with E-state index in [1.165, 1.54) is 44.3 Å². The number of methoxy groups -OCH3 is 2. The Morgan fingerprint density at radius 1 is 1.09 bits per heavy atom. The lowest BCUT2D eigenvalue weighted by Crippen LogP contribution is -2.39. The number of rotatable bonds is 8. The third kappa shape index (κ3) is 4.37. The zero-order valence-corrected chi connectivity index (χ0v) is 14.2. The Morgan fingerprint density at radius 2 is 1.82 bits per heavy atom. The maximum atomic E-state index is 5.48. The zero-order valence-electron chi connectivity index (χ0n) is 14.2. The summed E-state index contributed by atoms with van der Waals surface area (Å²) in [5.74, 6) is 1.61. The molecule has 0 saturated carbocycles. The molecule has 0 bridgehead atoms. The van der Waals surface area contributed by atoms with Crippen molar-refractivity contribution >= 4 is 0 Å². The molecule has 1 saturated heterocycles. The Morgan fingerprint density at radius 3 is 2.45 bits per heavy atom. The molecule has 1 atom stereocenters. The van der Waals surface area contributed by atoms with Gasteiger partial charge in [-0.1, -0.05) is 19.4 Å². The molecule has 1 aromatic carbocycles. The third-order valence-electron chi connectivity index (χ3n) is 4.39. The number of likely N-dealkylation sites (tertiary alicyclic amines) is 1. The van der Waals surface area contributed by atoms with Crippen LogP contribution in [0.15, 0.2) is 18.2 Å². The van der Waals surface area contributed by atoms with Crippen molar-refractivity contribution < 1.29 is 9.47 Å². The number of hydrogen-bond donors (Lipinski definition) is 1. The van der Waals surface area contributed by atoms with Gasteiger partial charge in [0, 0.05) is 12.6 Å². The molecule has 1 heterocycles. The van der Waals surface area contributed by atoms with E-state index in [0.29, 0.717) is 6.04 Å². The molecule has 1 aliphatic rings. The Labute approximate surface area is 134 Å². The minimum Gasteiger partial charge on any atom is -0.493 e. The van der Waals surface area contributed by atoms with E-state index in [2.05, 4.69) is 29.3 Å². The first kappa shape index (κ1) is 17.1. The highest BCUT2D eigenvalue weighted by atomic mass is 16.5. The van der Waals surface area contributed by atoms with Gasteiger partial charge in [0.25, 0.3) is 0 Å². The Hall–Kier alpha value is -1.26. The second-order valence-corrected chi connectivity index (χ2v) is 5.93. The fraction of sp³-hybridized carbons (Fsp3) is 0.667. The second kappa shape index (κ2) is 9.01. The summed E-state index contributed by atoms with van der Waals surface area (Å²) in [4.78, 5) is 2.60. The lowest BCUT2D eigenvalue weighted by Gasteiger charge is -2.35. The lowest BCUT2D eigenvalue weighted by atomic mass is 10.0. The number of nitrogens with one attached hydrogen (secondary N) is 1. The van der Waals surface area contributed by atoms with Crippen LogP contribution in [0.3, 0.4) is 0 Å². The predicted molar refractivity (Wildman–Crippen MR) is 90.9 cm³/mol. The van der Waals surface area contributed by atoms with Crippen LogP contribution in [0.4, 0.5) is 0 Å². The maximum Gasteiger partial charge on any atom is 0.161 e. The Kier molecular flexibility index (Phi) is 7.00. The molecule has 1 aromatic rings. The van der Waals surface area contributed by atoms with E-state index >= 15 is 0 Å². The van der Waals surface area contributed by atoms with Crippen LogP contribution >= 0.6 is 0 Å². The maximum absolute atomic E-state index is 5.48. The van der Waals surface area contributed by atoms with E-state index in [0.717, 1.165) is 24.6 Å². The molecule has 4 heteroatoms. The largest absolute Gasteiger partial charge is 0.493 e. The fourth-order valence-corrected chi connectivity index (χ4v) is 3.16. The van der Waals surface area contributed by atoms with Crippen molar-refractivity contribution in [2.24, 2.45) is 0 Å². The summed E-state index contributed by atoms with van der Waals surface area (Å²) in [6.07, 6.45) is 5.13. The van der Waals surface area contributed by atoms with E-state index in [-0.39, 0.29) is 0 Å². The standard InChI is InChI=1S/C18H30N2O2/c1-4-10-19-14-16(20-11-6-5-7-12-20)15-8-9-17(21-2)18(13-15)22-3/h8-9,13,16,19H,4-7,10-12,14H2,1-3H3. The molecule has 0 amide bonds. The van der Waals surface area contributed by atoms with Crippen LogP contribution in [0.5, 0.6) is 11.5 Å². The van der Waals surface area contributed by atoms with Crippen molar-refractivity contribution in [3.63, 3.8) is 0 Å². The molecule has 0 aromatic heterocycles. The highest BCUT2D eigenvalue weighted by Gasteiger charge is 2.23. The molecule has 0 aliphatic carbocycles. The molecule has 4 nitrogen and oxygen atoms in total. The molecule has 1 N–H and O–H groups in total. The van der Waals surface area contributed by atoms with Crippen LogP contribution in [0, 0.1) is 0 Å². The summed E-state index contributed by atoms with van der Waals surface area (Å²) in [6.45, 7) is 6.64. The van der Waals surface area contributed by atoms with Gasteiger partial charge in [-0.15, -0.1) is 0 Å². The van der Waals surface area contributed by atoms with Gasteiger partial charge in [-0.3, -0.25) is 4.90 Å². The molecule has 1 fully saturated rings. The van der Waals surface area contributed by atoms with Gasteiger partial charge in [0.1, 0.15) is 0 Å². The minimum atomic E-state index is 0.409. The van der Waals surface area contributed by atoms with Crippen molar-refractivity contribution in [3.05, 3.63) is 23.8 Å². The van der Waals surface area contributed by atoms with E-state index in [1.54, 1.807) is 14.2 Å². The summed E-state index contributed by atoms with van der Waals surface area (Å²) in [6, 6.07) is 6.73. The number of ether oxygens (including phenoxy) is 2.